The number of carbonyl (C=O) groups excluding carboxylic acids is 1. The fraction of sp³-hybridized carbons (Fsp3) is 0.130. The van der Waals surface area contributed by atoms with Gasteiger partial charge in [-0.3, -0.25) is 9.52 Å². The zero-order valence-corrected chi connectivity index (χ0v) is 18.3. The third-order valence-electron chi connectivity index (χ3n) is 5.02. The van der Waals surface area contributed by atoms with Crippen molar-refractivity contribution in [2.75, 3.05) is 11.8 Å². The van der Waals surface area contributed by atoms with Crippen molar-refractivity contribution in [2.45, 2.75) is 18.4 Å². The number of para-hydroxylation sites is 2. The highest BCUT2D eigenvalue weighted by atomic mass is 32.2. The number of imidazole rings is 1. The van der Waals surface area contributed by atoms with E-state index in [0.29, 0.717) is 11.4 Å². The first-order valence-electron chi connectivity index (χ1n) is 9.81. The van der Waals surface area contributed by atoms with Gasteiger partial charge in [-0.05, 0) is 61.0 Å². The van der Waals surface area contributed by atoms with Crippen LogP contribution < -0.4 is 4.72 Å². The number of aromatic nitrogens is 2. The average molecular weight is 453 g/mol. The van der Waals surface area contributed by atoms with Gasteiger partial charge in [0.1, 0.15) is 11.6 Å². The lowest BCUT2D eigenvalue weighted by Crippen LogP contribution is -2.27. The van der Waals surface area contributed by atoms with Crippen molar-refractivity contribution in [3.8, 4) is 0 Å². The molecule has 0 atom stereocenters. The van der Waals surface area contributed by atoms with Crippen LogP contribution in [0.15, 0.2) is 71.6 Å². The van der Waals surface area contributed by atoms with E-state index in [4.69, 9.17) is 0 Å². The molecule has 1 heterocycles. The number of amides is 1. The quantitative estimate of drug-likeness (QED) is 0.461. The van der Waals surface area contributed by atoms with Gasteiger partial charge in [-0.15, -0.1) is 0 Å². The van der Waals surface area contributed by atoms with Crippen LogP contribution in [0.2, 0.25) is 0 Å². The first-order valence-corrected chi connectivity index (χ1v) is 11.3. The molecule has 4 rings (SSSR count). The highest BCUT2D eigenvalue weighted by molar-refractivity contribution is 7.92. The van der Waals surface area contributed by atoms with Crippen LogP contribution in [-0.2, 0) is 16.6 Å². The molecule has 0 aliphatic rings. The summed E-state index contributed by atoms with van der Waals surface area (Å²) in [6.07, 6.45) is 0. The molecule has 0 saturated carbocycles. The Morgan fingerprint density at radius 1 is 1.09 bits per heavy atom. The van der Waals surface area contributed by atoms with E-state index in [9.17, 15) is 17.6 Å². The fourth-order valence-corrected chi connectivity index (χ4v) is 4.40. The normalized spacial score (nSPS) is 11.5. The van der Waals surface area contributed by atoms with Crippen LogP contribution in [0.4, 0.5) is 10.1 Å². The number of aromatic amines is 1. The van der Waals surface area contributed by atoms with E-state index in [0.717, 1.165) is 23.2 Å². The van der Waals surface area contributed by atoms with Crippen LogP contribution in [0.5, 0.6) is 0 Å². The summed E-state index contributed by atoms with van der Waals surface area (Å²) in [5.41, 5.74) is 2.82. The molecule has 0 aliphatic carbocycles. The van der Waals surface area contributed by atoms with Gasteiger partial charge in [0, 0.05) is 18.3 Å². The maximum absolute atomic E-state index is 13.1. The minimum Gasteiger partial charge on any atom is -0.340 e. The van der Waals surface area contributed by atoms with Gasteiger partial charge in [0.2, 0.25) is 0 Å². The van der Waals surface area contributed by atoms with Crippen LogP contribution in [0.3, 0.4) is 0 Å². The van der Waals surface area contributed by atoms with Gasteiger partial charge in [-0.2, -0.15) is 0 Å². The van der Waals surface area contributed by atoms with Crippen molar-refractivity contribution in [1.82, 2.24) is 14.9 Å². The van der Waals surface area contributed by atoms with Crippen LogP contribution >= 0.6 is 0 Å². The topological polar surface area (TPSA) is 95.2 Å². The van der Waals surface area contributed by atoms with Gasteiger partial charge in [-0.25, -0.2) is 17.8 Å². The van der Waals surface area contributed by atoms with Crippen LogP contribution in [-0.4, -0.2) is 36.2 Å². The Bertz CT molecular complexity index is 1370. The highest BCUT2D eigenvalue weighted by Crippen LogP contribution is 2.21. The van der Waals surface area contributed by atoms with Gasteiger partial charge in [0.15, 0.2) is 0 Å². The molecule has 7 nitrogen and oxygen atoms in total. The second-order valence-corrected chi connectivity index (χ2v) is 9.13. The number of H-pyrrole nitrogens is 1. The number of anilines is 1. The number of fused-ring (bicyclic) bond motifs is 1. The maximum atomic E-state index is 13.1. The summed E-state index contributed by atoms with van der Waals surface area (Å²) in [6, 6.07) is 16.9. The third-order valence-corrected chi connectivity index (χ3v) is 6.40. The summed E-state index contributed by atoms with van der Waals surface area (Å²) in [4.78, 5) is 22.2. The number of carbonyl (C=O) groups is 1. The standard InChI is InChI=1S/C23H21FN4O3S/c1-15-7-12-18(32(30,31)27-17-10-8-16(24)9-11-17)13-19(15)23(29)28(2)14-22-25-20-5-3-4-6-21(20)26-22/h3-13,27H,14H2,1-2H3,(H,25,26). The molecule has 4 aromatic rings. The molecule has 0 bridgehead atoms. The first-order chi connectivity index (χ1) is 15.2. The van der Waals surface area contributed by atoms with Crippen LogP contribution in [0.1, 0.15) is 21.7 Å². The molecule has 1 amide bonds. The zero-order valence-electron chi connectivity index (χ0n) is 17.5. The lowest BCUT2D eigenvalue weighted by atomic mass is 10.1. The van der Waals surface area contributed by atoms with Crippen molar-refractivity contribution in [1.29, 1.82) is 0 Å². The van der Waals surface area contributed by atoms with E-state index in [2.05, 4.69) is 14.7 Å². The Kier molecular flexibility index (Phi) is 5.67. The van der Waals surface area contributed by atoms with E-state index < -0.39 is 15.8 Å². The van der Waals surface area contributed by atoms with Gasteiger partial charge in [0.25, 0.3) is 15.9 Å². The molecule has 0 unspecified atom stereocenters. The van der Waals surface area contributed by atoms with Crippen molar-refractivity contribution in [3.05, 3.63) is 89.5 Å². The highest BCUT2D eigenvalue weighted by Gasteiger charge is 2.21. The van der Waals surface area contributed by atoms with E-state index in [1.165, 1.54) is 29.2 Å². The Hall–Kier alpha value is -3.72. The third kappa shape index (κ3) is 4.47. The smallest absolute Gasteiger partial charge is 0.261 e. The summed E-state index contributed by atoms with van der Waals surface area (Å²) < 4.78 is 41.1. The number of nitrogens with one attached hydrogen (secondary N) is 2. The number of rotatable bonds is 6. The Balaban J connectivity index is 1.56. The minimum absolute atomic E-state index is 0.0621. The number of benzene rings is 3. The van der Waals surface area contributed by atoms with E-state index in [-0.39, 0.29) is 28.6 Å². The predicted molar refractivity (Wildman–Crippen MR) is 120 cm³/mol. The molecule has 32 heavy (non-hydrogen) atoms. The number of aryl methyl sites for hydroxylation is 1. The fourth-order valence-electron chi connectivity index (χ4n) is 3.31. The van der Waals surface area contributed by atoms with Gasteiger partial charge >= 0.3 is 0 Å². The number of sulfonamides is 1. The van der Waals surface area contributed by atoms with Crippen molar-refractivity contribution in [2.24, 2.45) is 0 Å². The van der Waals surface area contributed by atoms with Gasteiger partial charge in [-0.1, -0.05) is 18.2 Å². The largest absolute Gasteiger partial charge is 0.340 e. The number of hydrogen-bond donors (Lipinski definition) is 2. The Morgan fingerprint density at radius 3 is 2.53 bits per heavy atom. The Labute approximate surface area is 185 Å². The number of hydrogen-bond acceptors (Lipinski definition) is 4. The van der Waals surface area contributed by atoms with Gasteiger partial charge < -0.3 is 9.88 Å². The molecule has 0 fully saturated rings. The van der Waals surface area contributed by atoms with E-state index >= 15 is 0 Å². The summed E-state index contributed by atoms with van der Waals surface area (Å²) in [6.45, 7) is 1.98. The first kappa shape index (κ1) is 21.5. The number of nitrogens with zero attached hydrogens (tertiary/aromatic N) is 2. The molecule has 0 spiro atoms. The second kappa shape index (κ2) is 8.43. The molecule has 0 saturated heterocycles. The second-order valence-electron chi connectivity index (χ2n) is 7.45. The lowest BCUT2D eigenvalue weighted by Gasteiger charge is -2.18. The maximum Gasteiger partial charge on any atom is 0.261 e. The molecule has 3 aromatic carbocycles. The minimum atomic E-state index is -3.96. The zero-order chi connectivity index (χ0) is 22.9. The van der Waals surface area contributed by atoms with Crippen molar-refractivity contribution in [3.63, 3.8) is 0 Å². The average Bonchev–Trinajstić information content (AvgIpc) is 3.17. The molecule has 0 radical (unpaired) electrons. The molecule has 1 aromatic heterocycles. The van der Waals surface area contributed by atoms with Crippen molar-refractivity contribution < 1.29 is 17.6 Å². The molecule has 2 N–H and O–H groups in total. The van der Waals surface area contributed by atoms with Crippen LogP contribution in [0.25, 0.3) is 11.0 Å². The SMILES string of the molecule is Cc1ccc(S(=O)(=O)Nc2ccc(F)cc2)cc1C(=O)N(C)Cc1nc2ccccc2[nH]1. The van der Waals surface area contributed by atoms with E-state index in [1.54, 1.807) is 20.0 Å². The summed E-state index contributed by atoms with van der Waals surface area (Å²) in [5, 5.41) is 0. The molecule has 9 heteroatoms. The number of halogens is 1. The van der Waals surface area contributed by atoms with Crippen molar-refractivity contribution >= 4 is 32.7 Å². The van der Waals surface area contributed by atoms with Gasteiger partial charge in [0.05, 0.1) is 22.5 Å². The Morgan fingerprint density at radius 2 is 1.81 bits per heavy atom. The summed E-state index contributed by atoms with van der Waals surface area (Å²) in [5.74, 6) is -0.174. The molecular weight excluding hydrogens is 431 g/mol. The molecule has 164 valence electrons. The predicted octanol–water partition coefficient (Wildman–Crippen LogP) is 4.08. The molecule has 0 aliphatic heterocycles. The lowest BCUT2D eigenvalue weighted by molar-refractivity contribution is 0.0781. The monoisotopic (exact) mass is 452 g/mol. The summed E-state index contributed by atoms with van der Waals surface area (Å²) >= 11 is 0. The summed E-state index contributed by atoms with van der Waals surface area (Å²) in [7, 11) is -2.33. The van der Waals surface area contributed by atoms with Crippen LogP contribution in [0, 0.1) is 12.7 Å². The van der Waals surface area contributed by atoms with E-state index in [1.807, 2.05) is 24.3 Å². The molecular formula is C23H21FN4O3S.